The lowest BCUT2D eigenvalue weighted by molar-refractivity contribution is -0.137. The number of urea groups is 1. The molecule has 1 heterocycles. The van der Waals surface area contributed by atoms with Crippen LogP contribution >= 0.6 is 0 Å². The van der Waals surface area contributed by atoms with Crippen molar-refractivity contribution in [1.29, 1.82) is 0 Å². The maximum Gasteiger partial charge on any atom is 0.323 e. The number of carboxylic acids is 1. The molecule has 0 aromatic heterocycles. The monoisotopic (exact) mass is 212 g/mol. The smallest absolute Gasteiger partial charge is 0.323 e. The van der Waals surface area contributed by atoms with Gasteiger partial charge in [0.1, 0.15) is 6.54 Å². The molecule has 15 heavy (non-hydrogen) atoms. The van der Waals surface area contributed by atoms with Gasteiger partial charge < -0.3 is 14.9 Å². The molecule has 1 aliphatic rings. The largest absolute Gasteiger partial charge is 0.480 e. The van der Waals surface area contributed by atoms with E-state index in [1.807, 2.05) is 13.0 Å². The quantitative estimate of drug-likeness (QED) is 0.688. The summed E-state index contributed by atoms with van der Waals surface area (Å²) in [5.74, 6) is -0.991. The average Bonchev–Trinajstić information content (AvgIpc) is 2.17. The molecule has 1 rings (SSSR count). The molecule has 0 saturated heterocycles. The summed E-state index contributed by atoms with van der Waals surface area (Å²) in [6, 6.07) is -0.221. The van der Waals surface area contributed by atoms with Crippen LogP contribution in [0, 0.1) is 0 Å². The van der Waals surface area contributed by atoms with Crippen LogP contribution in [0.4, 0.5) is 4.79 Å². The first kappa shape index (κ1) is 11.6. The molecule has 0 unspecified atom stereocenters. The summed E-state index contributed by atoms with van der Waals surface area (Å²) in [5, 5.41) is 8.55. The van der Waals surface area contributed by atoms with E-state index in [4.69, 9.17) is 5.11 Å². The number of hydrogen-bond acceptors (Lipinski definition) is 2. The Hall–Kier alpha value is -1.52. The molecular weight excluding hydrogens is 196 g/mol. The van der Waals surface area contributed by atoms with Gasteiger partial charge in [0.15, 0.2) is 0 Å². The summed E-state index contributed by atoms with van der Waals surface area (Å²) >= 11 is 0. The lowest BCUT2D eigenvalue weighted by Gasteiger charge is -2.29. The number of rotatable bonds is 2. The van der Waals surface area contributed by atoms with E-state index >= 15 is 0 Å². The fraction of sp³-hybridized carbons (Fsp3) is 0.600. The van der Waals surface area contributed by atoms with Crippen molar-refractivity contribution in [1.82, 2.24) is 9.80 Å². The van der Waals surface area contributed by atoms with Crippen molar-refractivity contribution >= 4 is 12.0 Å². The van der Waals surface area contributed by atoms with Crippen LogP contribution < -0.4 is 0 Å². The first-order chi connectivity index (χ1) is 7.00. The second kappa shape index (κ2) is 4.82. The number of carbonyl (C=O) groups is 2. The van der Waals surface area contributed by atoms with Crippen molar-refractivity contribution in [2.24, 2.45) is 0 Å². The Balaban J connectivity index is 2.50. The minimum atomic E-state index is -0.991. The van der Waals surface area contributed by atoms with E-state index in [1.54, 1.807) is 4.90 Å². The average molecular weight is 212 g/mol. The van der Waals surface area contributed by atoms with Crippen molar-refractivity contribution in [3.05, 3.63) is 11.6 Å². The Bertz CT molecular complexity index is 299. The zero-order valence-electron chi connectivity index (χ0n) is 9.06. The maximum absolute atomic E-state index is 11.7. The van der Waals surface area contributed by atoms with Gasteiger partial charge in [0.25, 0.3) is 0 Å². The molecule has 0 atom stereocenters. The predicted octanol–water partition coefficient (Wildman–Crippen LogP) is 0.775. The number of hydrogen-bond donors (Lipinski definition) is 1. The predicted molar refractivity (Wildman–Crippen MR) is 55.6 cm³/mol. The van der Waals surface area contributed by atoms with Gasteiger partial charge in [-0.2, -0.15) is 0 Å². The van der Waals surface area contributed by atoms with Crippen LogP contribution in [0.25, 0.3) is 0 Å². The first-order valence-electron chi connectivity index (χ1n) is 4.88. The van der Waals surface area contributed by atoms with E-state index in [0.29, 0.717) is 13.1 Å². The van der Waals surface area contributed by atoms with Gasteiger partial charge in [-0.05, 0) is 13.3 Å². The molecule has 84 valence electrons. The fourth-order valence-corrected chi connectivity index (χ4v) is 1.46. The number of amides is 2. The molecule has 0 aliphatic carbocycles. The Labute approximate surface area is 89.0 Å². The van der Waals surface area contributed by atoms with E-state index in [0.717, 1.165) is 6.42 Å². The molecule has 2 amide bonds. The minimum absolute atomic E-state index is 0.221. The molecule has 0 saturated carbocycles. The molecular formula is C10H16N2O3. The first-order valence-corrected chi connectivity index (χ1v) is 4.88. The third kappa shape index (κ3) is 3.27. The second-order valence-corrected chi connectivity index (χ2v) is 3.78. The molecule has 0 spiro atoms. The maximum atomic E-state index is 11.7. The van der Waals surface area contributed by atoms with Crippen LogP contribution in [0.15, 0.2) is 11.6 Å². The van der Waals surface area contributed by atoms with Crippen molar-refractivity contribution in [3.8, 4) is 0 Å². The lowest BCUT2D eigenvalue weighted by Crippen LogP contribution is -2.44. The summed E-state index contributed by atoms with van der Waals surface area (Å²) < 4.78 is 0. The van der Waals surface area contributed by atoms with Crippen molar-refractivity contribution in [3.63, 3.8) is 0 Å². The topological polar surface area (TPSA) is 60.9 Å². The van der Waals surface area contributed by atoms with Gasteiger partial charge in [-0.25, -0.2) is 4.79 Å². The third-order valence-electron chi connectivity index (χ3n) is 2.41. The van der Waals surface area contributed by atoms with Crippen LogP contribution in [-0.4, -0.2) is 53.6 Å². The number of aliphatic carboxylic acids is 1. The van der Waals surface area contributed by atoms with Crippen LogP contribution in [0.1, 0.15) is 13.3 Å². The van der Waals surface area contributed by atoms with E-state index in [9.17, 15) is 9.59 Å². The molecule has 0 bridgehead atoms. The minimum Gasteiger partial charge on any atom is -0.480 e. The molecule has 0 fully saturated rings. The van der Waals surface area contributed by atoms with Crippen LogP contribution in [0.2, 0.25) is 0 Å². The highest BCUT2D eigenvalue weighted by atomic mass is 16.4. The van der Waals surface area contributed by atoms with Crippen molar-refractivity contribution in [2.45, 2.75) is 13.3 Å². The molecule has 1 N–H and O–H groups in total. The summed E-state index contributed by atoms with van der Waals surface area (Å²) in [6.07, 6.45) is 2.86. The summed E-state index contributed by atoms with van der Waals surface area (Å²) in [4.78, 5) is 25.0. The van der Waals surface area contributed by atoms with Gasteiger partial charge in [-0.3, -0.25) is 4.79 Å². The Morgan fingerprint density at radius 3 is 2.73 bits per heavy atom. The molecule has 1 aliphatic heterocycles. The number of carboxylic acid groups (broad SMARTS) is 1. The van der Waals surface area contributed by atoms with E-state index in [2.05, 4.69) is 0 Å². The van der Waals surface area contributed by atoms with Crippen molar-refractivity contribution < 1.29 is 14.7 Å². The molecule has 0 aromatic rings. The summed E-state index contributed by atoms with van der Waals surface area (Å²) in [7, 11) is 1.50. The molecule has 0 aromatic carbocycles. The van der Waals surface area contributed by atoms with Gasteiger partial charge >= 0.3 is 12.0 Å². The molecule has 5 nitrogen and oxygen atoms in total. The normalized spacial score (nSPS) is 15.9. The SMILES string of the molecule is CC1=CCN(C(=O)N(C)CC(=O)O)CC1. The number of likely N-dealkylation sites (N-methyl/N-ethyl adjacent to an activating group) is 1. The summed E-state index contributed by atoms with van der Waals surface area (Å²) in [6.45, 7) is 3.03. The second-order valence-electron chi connectivity index (χ2n) is 3.78. The standard InChI is InChI=1S/C10H16N2O3/c1-8-3-5-12(6-4-8)10(15)11(2)7-9(13)14/h3H,4-7H2,1-2H3,(H,13,14). The van der Waals surface area contributed by atoms with E-state index in [1.165, 1.54) is 17.5 Å². The molecule has 0 radical (unpaired) electrons. The Morgan fingerprint density at radius 2 is 2.27 bits per heavy atom. The highest BCUT2D eigenvalue weighted by Gasteiger charge is 2.20. The van der Waals surface area contributed by atoms with Gasteiger partial charge in [0, 0.05) is 20.1 Å². The summed E-state index contributed by atoms with van der Waals surface area (Å²) in [5.41, 5.74) is 1.28. The van der Waals surface area contributed by atoms with Crippen LogP contribution in [0.3, 0.4) is 0 Å². The van der Waals surface area contributed by atoms with E-state index in [-0.39, 0.29) is 12.6 Å². The Kier molecular flexibility index (Phi) is 3.71. The van der Waals surface area contributed by atoms with Gasteiger partial charge in [-0.1, -0.05) is 11.6 Å². The van der Waals surface area contributed by atoms with Gasteiger partial charge in [-0.15, -0.1) is 0 Å². The number of carbonyl (C=O) groups excluding carboxylic acids is 1. The highest BCUT2D eigenvalue weighted by Crippen LogP contribution is 2.10. The number of nitrogens with zero attached hydrogens (tertiary/aromatic N) is 2. The zero-order valence-corrected chi connectivity index (χ0v) is 9.06. The highest BCUT2D eigenvalue weighted by molar-refractivity contribution is 5.80. The van der Waals surface area contributed by atoms with Gasteiger partial charge in [0.05, 0.1) is 0 Å². The van der Waals surface area contributed by atoms with E-state index < -0.39 is 5.97 Å². The van der Waals surface area contributed by atoms with Crippen LogP contribution in [-0.2, 0) is 4.79 Å². The Morgan fingerprint density at radius 1 is 1.60 bits per heavy atom. The van der Waals surface area contributed by atoms with Crippen molar-refractivity contribution in [2.75, 3.05) is 26.7 Å². The lowest BCUT2D eigenvalue weighted by atomic mass is 10.1. The molecule has 5 heteroatoms. The third-order valence-corrected chi connectivity index (χ3v) is 2.41. The van der Waals surface area contributed by atoms with Crippen LogP contribution in [0.5, 0.6) is 0 Å². The fourth-order valence-electron chi connectivity index (χ4n) is 1.46. The van der Waals surface area contributed by atoms with Gasteiger partial charge in [0.2, 0.25) is 0 Å². The zero-order chi connectivity index (χ0) is 11.4.